The van der Waals surface area contributed by atoms with Gasteiger partial charge in [0, 0.05) is 44.7 Å². The van der Waals surface area contributed by atoms with E-state index >= 15 is 0 Å². The summed E-state index contributed by atoms with van der Waals surface area (Å²) < 4.78 is 42.4. The average Bonchev–Trinajstić information content (AvgIpc) is 2.91. The van der Waals surface area contributed by atoms with Crippen LogP contribution in [0.5, 0.6) is 5.75 Å². The second-order valence-corrected chi connectivity index (χ2v) is 8.66. The van der Waals surface area contributed by atoms with E-state index in [1.165, 1.54) is 0 Å². The van der Waals surface area contributed by atoms with Crippen molar-refractivity contribution in [3.8, 4) is 5.75 Å². The van der Waals surface area contributed by atoms with Crippen molar-refractivity contribution in [3.63, 3.8) is 0 Å². The van der Waals surface area contributed by atoms with Crippen molar-refractivity contribution >= 4 is 35.7 Å². The number of benzene rings is 1. The molecule has 0 saturated carbocycles. The molecule has 234 valence electrons. The smallest absolute Gasteiger partial charge is 0.463 e. The normalized spacial score (nSPS) is 21.6. The van der Waals surface area contributed by atoms with Gasteiger partial charge in [0.2, 0.25) is 0 Å². The molecule has 1 aliphatic heterocycles. The average molecular weight is 613 g/mol. The Balaban J connectivity index is 2.28. The van der Waals surface area contributed by atoms with Gasteiger partial charge in [-0.25, -0.2) is 4.79 Å². The quantitative estimate of drug-likeness (QED) is 0.0450. The van der Waals surface area contributed by atoms with E-state index in [-0.39, 0.29) is 11.4 Å². The minimum atomic E-state index is -1.59. The van der Waals surface area contributed by atoms with E-state index in [1.807, 2.05) is 0 Å². The summed E-state index contributed by atoms with van der Waals surface area (Å²) in [6.07, 6.45) is -9.98. The summed E-state index contributed by atoms with van der Waals surface area (Å²) in [5.74, 6) is -3.37. The van der Waals surface area contributed by atoms with Gasteiger partial charge >= 0.3 is 30.0 Å². The fraction of sp³-hybridized carbons (Fsp3) is 0.542. The minimum Gasteiger partial charge on any atom is -0.463 e. The molecule has 0 aliphatic carbocycles. The summed E-state index contributed by atoms with van der Waals surface area (Å²) in [5.41, 5.74) is 8.50. The van der Waals surface area contributed by atoms with Crippen molar-refractivity contribution in [3.05, 3.63) is 44.8 Å². The first-order valence-corrected chi connectivity index (χ1v) is 12.4. The van der Waals surface area contributed by atoms with Crippen LogP contribution in [0.1, 0.15) is 27.7 Å². The van der Waals surface area contributed by atoms with Crippen molar-refractivity contribution in [1.82, 2.24) is 0 Å². The van der Waals surface area contributed by atoms with Gasteiger partial charge in [-0.1, -0.05) is 5.11 Å². The van der Waals surface area contributed by atoms with E-state index in [0.29, 0.717) is 0 Å². The maximum absolute atomic E-state index is 12.4. The van der Waals surface area contributed by atoms with E-state index in [1.54, 1.807) is 0 Å². The lowest BCUT2D eigenvalue weighted by Gasteiger charge is -2.44. The molecule has 1 aromatic carbocycles. The number of rotatable bonds is 13. The molecule has 1 heterocycles. The van der Waals surface area contributed by atoms with E-state index < -0.39 is 91.5 Å². The number of nitro groups is 1. The van der Waals surface area contributed by atoms with Crippen molar-refractivity contribution in [1.29, 1.82) is 0 Å². The van der Waals surface area contributed by atoms with E-state index in [0.717, 1.165) is 52.0 Å². The van der Waals surface area contributed by atoms with Gasteiger partial charge in [-0.2, -0.15) is 0 Å². The molecule has 1 aliphatic rings. The standard InChI is InChI=1S/C24H28N4O15/c1-12(29)36-11-19-20(38-13(2)30)21(39-14(3)31)22(40-15(4)32)23(43-19)37-10-18(9-26-27-25)42-24(33)41-17-7-5-16(6-8-17)28(34)35/h5-8,18-23H,9-11H2,1-4H3/t18?,19-,20+,21+,22-,23-/m1/s1. The molecule has 1 unspecified atom stereocenters. The molecule has 0 radical (unpaired) electrons. The molecular formula is C24H28N4O15. The molecule has 6 atom stereocenters. The lowest BCUT2D eigenvalue weighted by Crippen LogP contribution is -2.63. The molecule has 0 bridgehead atoms. The van der Waals surface area contributed by atoms with Gasteiger partial charge in [-0.05, 0) is 17.7 Å². The number of carbonyl (C=O) groups is 5. The Morgan fingerprint density at radius 3 is 2.07 bits per heavy atom. The van der Waals surface area contributed by atoms with Crippen LogP contribution in [0.4, 0.5) is 10.5 Å². The summed E-state index contributed by atoms with van der Waals surface area (Å²) in [4.78, 5) is 72.3. The van der Waals surface area contributed by atoms with E-state index in [4.69, 9.17) is 43.4 Å². The first-order chi connectivity index (χ1) is 20.3. The van der Waals surface area contributed by atoms with Gasteiger partial charge < -0.3 is 37.9 Å². The first kappa shape index (κ1) is 34.2. The van der Waals surface area contributed by atoms with Gasteiger partial charge in [-0.15, -0.1) is 0 Å². The number of esters is 4. The Bertz CT molecular complexity index is 1230. The summed E-state index contributed by atoms with van der Waals surface area (Å²) in [6.45, 7) is 2.69. The van der Waals surface area contributed by atoms with Crippen LogP contribution in [0.2, 0.25) is 0 Å². The molecule has 0 amide bonds. The highest BCUT2D eigenvalue weighted by atomic mass is 16.8. The van der Waals surface area contributed by atoms with Crippen LogP contribution < -0.4 is 4.74 Å². The van der Waals surface area contributed by atoms with Gasteiger partial charge in [0.1, 0.15) is 24.6 Å². The highest BCUT2D eigenvalue weighted by Gasteiger charge is 2.53. The summed E-state index contributed by atoms with van der Waals surface area (Å²) in [7, 11) is 0. The maximum atomic E-state index is 12.4. The second kappa shape index (κ2) is 16.4. The number of hydrogen-bond donors (Lipinski definition) is 0. The van der Waals surface area contributed by atoms with Crippen LogP contribution in [0.15, 0.2) is 29.4 Å². The number of azide groups is 1. The monoisotopic (exact) mass is 612 g/mol. The molecule has 0 aromatic heterocycles. The Morgan fingerprint density at radius 1 is 0.953 bits per heavy atom. The van der Waals surface area contributed by atoms with Gasteiger partial charge in [-0.3, -0.25) is 29.3 Å². The molecule has 1 saturated heterocycles. The minimum absolute atomic E-state index is 0.0985. The van der Waals surface area contributed by atoms with Crippen LogP contribution in [-0.2, 0) is 52.3 Å². The van der Waals surface area contributed by atoms with Gasteiger partial charge in [0.05, 0.1) is 18.1 Å². The van der Waals surface area contributed by atoms with E-state index in [2.05, 4.69) is 10.0 Å². The third-order valence-electron chi connectivity index (χ3n) is 5.25. The highest BCUT2D eigenvalue weighted by Crippen LogP contribution is 2.30. The number of carbonyl (C=O) groups excluding carboxylic acids is 5. The Morgan fingerprint density at radius 2 is 1.53 bits per heavy atom. The fourth-order valence-electron chi connectivity index (χ4n) is 3.67. The molecule has 19 heteroatoms. The van der Waals surface area contributed by atoms with Crippen LogP contribution in [0.3, 0.4) is 0 Å². The largest absolute Gasteiger partial charge is 0.514 e. The SMILES string of the molecule is CC(=O)OC[C@H]1O[C@@H](OCC(CN=[N+]=[N-])OC(=O)Oc2ccc([N+](=O)[O-])cc2)[C@H](OC(C)=O)[C@@H](OC(C)=O)[C@H]1OC(C)=O. The first-order valence-electron chi connectivity index (χ1n) is 12.4. The van der Waals surface area contributed by atoms with Gasteiger partial charge in [0.15, 0.2) is 24.6 Å². The predicted octanol–water partition coefficient (Wildman–Crippen LogP) is 1.89. The van der Waals surface area contributed by atoms with Crippen molar-refractivity contribution in [2.24, 2.45) is 5.11 Å². The molecule has 0 spiro atoms. The fourth-order valence-corrected chi connectivity index (χ4v) is 3.67. The lowest BCUT2D eigenvalue weighted by molar-refractivity contribution is -0.384. The zero-order valence-corrected chi connectivity index (χ0v) is 23.3. The van der Waals surface area contributed by atoms with Crippen molar-refractivity contribution < 1.29 is 66.8 Å². The summed E-state index contributed by atoms with van der Waals surface area (Å²) >= 11 is 0. The number of hydrogen-bond acceptors (Lipinski definition) is 16. The number of non-ortho nitro benzene ring substituents is 1. The Hall–Kier alpha value is -5.00. The van der Waals surface area contributed by atoms with Crippen LogP contribution in [0, 0.1) is 10.1 Å². The lowest BCUT2D eigenvalue weighted by atomic mass is 9.98. The highest BCUT2D eigenvalue weighted by molar-refractivity contribution is 5.69. The predicted molar refractivity (Wildman–Crippen MR) is 136 cm³/mol. The molecule has 1 fully saturated rings. The van der Waals surface area contributed by atoms with Gasteiger partial charge in [0.25, 0.3) is 5.69 Å². The zero-order chi connectivity index (χ0) is 32.1. The Kier molecular flexibility index (Phi) is 13.1. The molecule has 2 rings (SSSR count). The number of nitrogens with zero attached hydrogens (tertiary/aromatic N) is 4. The van der Waals surface area contributed by atoms with Crippen molar-refractivity contribution in [2.45, 2.75) is 64.5 Å². The molecule has 43 heavy (non-hydrogen) atoms. The van der Waals surface area contributed by atoms with Crippen LogP contribution in [-0.4, -0.2) is 91.5 Å². The Labute approximate surface area is 242 Å². The summed E-state index contributed by atoms with van der Waals surface area (Å²) in [5, 5.41) is 14.1. The topological polar surface area (TPSA) is 251 Å². The third-order valence-corrected chi connectivity index (χ3v) is 5.25. The number of nitro benzene ring substituents is 1. The van der Waals surface area contributed by atoms with Crippen LogP contribution in [0.25, 0.3) is 10.4 Å². The second-order valence-electron chi connectivity index (χ2n) is 8.66. The van der Waals surface area contributed by atoms with E-state index in [9.17, 15) is 34.1 Å². The maximum Gasteiger partial charge on any atom is 0.514 e. The molecule has 19 nitrogen and oxygen atoms in total. The zero-order valence-electron chi connectivity index (χ0n) is 23.3. The van der Waals surface area contributed by atoms with Crippen LogP contribution >= 0.6 is 0 Å². The third kappa shape index (κ3) is 11.4. The summed E-state index contributed by atoms with van der Waals surface area (Å²) in [6, 6.07) is 4.48. The molecule has 0 N–H and O–H groups in total. The number of ether oxygens (including phenoxy) is 8. The van der Waals surface area contributed by atoms with Crippen molar-refractivity contribution in [2.75, 3.05) is 19.8 Å². The molecular weight excluding hydrogens is 584 g/mol. The molecule has 1 aromatic rings.